The number of carbonyl (C=O) groups is 3. The fraction of sp³-hybridized carbons (Fsp3) is 0. The summed E-state index contributed by atoms with van der Waals surface area (Å²) in [5, 5.41) is 47.2. The number of carboxylic acid groups (broad SMARTS) is 3. The smallest absolute Gasteiger partial charge is 0.659 e. The maximum Gasteiger partial charge on any atom is 3.00 e. The Morgan fingerprint density at radius 3 is 0.750 bits per heavy atom. The zero-order valence-electron chi connectivity index (χ0n) is 6.96. The van der Waals surface area contributed by atoms with E-state index in [4.69, 9.17) is 45.5 Å². The van der Waals surface area contributed by atoms with Crippen molar-refractivity contribution in [3.8, 4) is 0 Å². The molecule has 13 heteroatoms. The van der Waals surface area contributed by atoms with Crippen LogP contribution in [0.3, 0.4) is 0 Å². The normalized spacial score (nSPS) is 6.19. The largest absolute Gasteiger partial charge is 3.00 e. The van der Waals surface area contributed by atoms with Crippen LogP contribution < -0.4 is 15.8 Å². The van der Waals surface area contributed by atoms with Crippen LogP contribution in [0, 0.1) is 0 Å². The topological polar surface area (TPSA) is 209 Å². The summed E-state index contributed by atoms with van der Waals surface area (Å²) >= 11 is 0. The van der Waals surface area contributed by atoms with E-state index < -0.39 is 18.5 Å². The second-order valence-corrected chi connectivity index (χ2v) is 1.05. The molecule has 3 N–H and O–H groups in total. The molecule has 0 heterocycles. The predicted octanol–water partition coefficient (Wildman–Crippen LogP) is -3.51. The van der Waals surface area contributed by atoms with Crippen LogP contribution in [0.4, 0.5) is 14.4 Å². The van der Waals surface area contributed by atoms with Crippen molar-refractivity contribution in [1.82, 2.24) is 0 Å². The van der Waals surface area contributed by atoms with Gasteiger partial charge in [0.15, 0.2) is 0 Å². The van der Waals surface area contributed by atoms with Crippen LogP contribution in [0.2, 0.25) is 0 Å². The van der Waals surface area contributed by atoms with Crippen LogP contribution in [0.1, 0.15) is 0 Å². The van der Waals surface area contributed by atoms with Crippen molar-refractivity contribution >= 4 is 44.7 Å². The SMILES string of the molecule is O=C(O)O[O-].O=C(O)O[O-].O=C(O)O[O-].[Bi+3]. The maximum absolute atomic E-state index is 8.83. The van der Waals surface area contributed by atoms with E-state index >= 15 is 0 Å². The van der Waals surface area contributed by atoms with Gasteiger partial charge in [0.1, 0.15) is 0 Å². The molecule has 0 aliphatic carbocycles. The van der Waals surface area contributed by atoms with Crippen LogP contribution in [-0.4, -0.2) is 60.0 Å². The second-order valence-electron chi connectivity index (χ2n) is 1.05. The molecule has 92 valence electrons. The number of hydrogen-bond donors (Lipinski definition) is 3. The Morgan fingerprint density at radius 1 is 0.688 bits per heavy atom. The molecule has 16 heavy (non-hydrogen) atoms. The van der Waals surface area contributed by atoms with Crippen molar-refractivity contribution in [2.45, 2.75) is 0 Å². The van der Waals surface area contributed by atoms with Gasteiger partial charge in [-0.1, -0.05) is 0 Å². The Hall–Kier alpha value is -1.43. The monoisotopic (exact) mass is 440 g/mol. The molecule has 0 fully saturated rings. The fourth-order valence-electron chi connectivity index (χ4n) is 0. The molecule has 0 bridgehead atoms. The number of rotatable bonds is 0. The average molecular weight is 440 g/mol. The zero-order valence-corrected chi connectivity index (χ0v) is 10.4. The molecule has 0 aromatic rings. The Labute approximate surface area is 105 Å². The minimum atomic E-state index is -1.80. The summed E-state index contributed by atoms with van der Waals surface area (Å²) in [5.41, 5.74) is 0. The van der Waals surface area contributed by atoms with Gasteiger partial charge in [0.2, 0.25) is 0 Å². The van der Waals surface area contributed by atoms with Gasteiger partial charge in [-0.2, -0.15) is 0 Å². The first-order chi connectivity index (χ1) is 6.81. The maximum atomic E-state index is 8.83. The Bertz CT molecular complexity index is 155. The minimum Gasteiger partial charge on any atom is -0.659 e. The first kappa shape index (κ1) is 24.0. The number of hydrogen-bond acceptors (Lipinski definition) is 9. The van der Waals surface area contributed by atoms with Crippen LogP contribution in [-0.2, 0) is 14.7 Å². The third-order valence-electron chi connectivity index (χ3n) is 0.214. The minimum absolute atomic E-state index is 0. The summed E-state index contributed by atoms with van der Waals surface area (Å²) < 4.78 is 0. The van der Waals surface area contributed by atoms with Crippen LogP contribution >= 0.6 is 0 Å². The first-order valence-electron chi connectivity index (χ1n) is 2.40. The van der Waals surface area contributed by atoms with Crippen molar-refractivity contribution in [1.29, 1.82) is 0 Å². The summed E-state index contributed by atoms with van der Waals surface area (Å²) in [6, 6.07) is 0. The third-order valence-corrected chi connectivity index (χ3v) is 0.214. The average Bonchev–Trinajstić information content (AvgIpc) is 2.19. The van der Waals surface area contributed by atoms with Gasteiger partial charge < -0.3 is 45.8 Å². The first-order valence-corrected chi connectivity index (χ1v) is 2.40. The van der Waals surface area contributed by atoms with E-state index in [1.807, 2.05) is 0 Å². The molecule has 0 aromatic carbocycles. The van der Waals surface area contributed by atoms with E-state index in [1.165, 1.54) is 0 Å². The van der Waals surface area contributed by atoms with Gasteiger partial charge >= 0.3 is 44.7 Å². The molecule has 0 rings (SSSR count). The summed E-state index contributed by atoms with van der Waals surface area (Å²) in [4.78, 5) is 33.8. The summed E-state index contributed by atoms with van der Waals surface area (Å²) in [6.45, 7) is 0. The van der Waals surface area contributed by atoms with Gasteiger partial charge in [-0.25, -0.2) is 14.4 Å². The van der Waals surface area contributed by atoms with Crippen molar-refractivity contribution in [2.24, 2.45) is 0 Å². The molecule has 0 aliphatic heterocycles. The molecule has 12 nitrogen and oxygen atoms in total. The van der Waals surface area contributed by atoms with Crippen molar-refractivity contribution in [3.05, 3.63) is 0 Å². The van der Waals surface area contributed by atoms with Crippen molar-refractivity contribution in [3.63, 3.8) is 0 Å². The van der Waals surface area contributed by atoms with E-state index in [9.17, 15) is 0 Å². The molecule has 0 amide bonds. The van der Waals surface area contributed by atoms with E-state index in [0.717, 1.165) is 0 Å². The zero-order chi connectivity index (χ0) is 12.9. The van der Waals surface area contributed by atoms with Crippen LogP contribution in [0.15, 0.2) is 0 Å². The van der Waals surface area contributed by atoms with Gasteiger partial charge in [-0.3, -0.25) is 0 Å². The molecule has 0 aliphatic rings. The fourth-order valence-corrected chi connectivity index (χ4v) is 0. The molecule has 0 spiro atoms. The molecule has 0 saturated carbocycles. The second kappa shape index (κ2) is 19.2. The van der Waals surface area contributed by atoms with Crippen LogP contribution in [0.25, 0.3) is 0 Å². The molecule has 0 aromatic heterocycles. The van der Waals surface area contributed by atoms with E-state index in [2.05, 4.69) is 14.7 Å². The van der Waals surface area contributed by atoms with Crippen molar-refractivity contribution < 1.29 is 60.1 Å². The molecular formula is C3H3BiO12. The van der Waals surface area contributed by atoms with E-state index in [1.54, 1.807) is 0 Å². The Balaban J connectivity index is -0.0000000655. The van der Waals surface area contributed by atoms with Gasteiger partial charge in [0, 0.05) is 0 Å². The van der Waals surface area contributed by atoms with E-state index in [-0.39, 0.29) is 26.2 Å². The molecule has 0 saturated heterocycles. The Morgan fingerprint density at radius 2 is 0.750 bits per heavy atom. The summed E-state index contributed by atoms with van der Waals surface area (Å²) in [7, 11) is 0. The molecule has 0 atom stereocenters. The molecule has 2 radical (unpaired) electrons. The van der Waals surface area contributed by atoms with Crippen molar-refractivity contribution in [2.75, 3.05) is 0 Å². The van der Waals surface area contributed by atoms with Crippen LogP contribution in [0.5, 0.6) is 0 Å². The molecular weight excluding hydrogens is 437 g/mol. The summed E-state index contributed by atoms with van der Waals surface area (Å²) in [5.74, 6) is 0. The van der Waals surface area contributed by atoms with Gasteiger partial charge in [0.25, 0.3) is 0 Å². The van der Waals surface area contributed by atoms with Gasteiger partial charge in [-0.15, -0.1) is 0 Å². The standard InChI is InChI=1S/3CH2O4.Bi/c3*2-1(3)5-4;/h3*4H,(H,2,3);/q;;;+3/p-3. The van der Waals surface area contributed by atoms with Gasteiger partial charge in [0.05, 0.1) is 0 Å². The third kappa shape index (κ3) is 80.5. The van der Waals surface area contributed by atoms with E-state index in [0.29, 0.717) is 0 Å². The molecule has 0 unspecified atom stereocenters. The predicted molar refractivity (Wildman–Crippen MR) is 33.1 cm³/mol. The quantitative estimate of drug-likeness (QED) is 0.190. The summed E-state index contributed by atoms with van der Waals surface area (Å²) in [6.07, 6.45) is -5.40. The Kier molecular flexibility index (Phi) is 28.8. The van der Waals surface area contributed by atoms with Gasteiger partial charge in [-0.05, 0) is 0 Å².